The van der Waals surface area contributed by atoms with Crippen molar-refractivity contribution in [2.24, 2.45) is 23.2 Å². The lowest BCUT2D eigenvalue weighted by molar-refractivity contribution is -0.148. The minimum Gasteiger partial charge on any atom is -0.458 e. The van der Waals surface area contributed by atoms with Crippen LogP contribution in [0.3, 0.4) is 0 Å². The third kappa shape index (κ3) is 1.50. The standard InChI is InChI=1S/C14H22O2/c1-8(2)13(15)16-12-6-10(5)11-7-14(11,12)9(3)4/h9-12H,1,6-7H2,2-5H3. The molecule has 0 heterocycles. The third-order valence-electron chi connectivity index (χ3n) is 4.65. The van der Waals surface area contributed by atoms with Crippen LogP contribution in [-0.4, -0.2) is 12.1 Å². The smallest absolute Gasteiger partial charge is 0.333 e. The molecule has 0 aliphatic heterocycles. The maximum Gasteiger partial charge on any atom is 0.333 e. The molecule has 0 amide bonds. The van der Waals surface area contributed by atoms with Gasteiger partial charge in [-0.25, -0.2) is 4.79 Å². The van der Waals surface area contributed by atoms with E-state index in [4.69, 9.17) is 4.74 Å². The first-order chi connectivity index (χ1) is 7.39. The molecule has 2 fully saturated rings. The van der Waals surface area contributed by atoms with Crippen molar-refractivity contribution in [1.29, 1.82) is 0 Å². The van der Waals surface area contributed by atoms with Crippen molar-refractivity contribution in [1.82, 2.24) is 0 Å². The SMILES string of the molecule is C=C(C)C(=O)OC1CC(C)C2CC12C(C)C. The van der Waals surface area contributed by atoms with Gasteiger partial charge in [0.05, 0.1) is 0 Å². The van der Waals surface area contributed by atoms with Crippen LogP contribution >= 0.6 is 0 Å². The van der Waals surface area contributed by atoms with Crippen LogP contribution in [0.15, 0.2) is 12.2 Å². The quantitative estimate of drug-likeness (QED) is 0.541. The number of fused-ring (bicyclic) bond motifs is 1. The highest BCUT2D eigenvalue weighted by Crippen LogP contribution is 2.70. The first-order valence-electron chi connectivity index (χ1n) is 6.26. The Kier molecular flexibility index (Phi) is 2.64. The van der Waals surface area contributed by atoms with Crippen LogP contribution in [0.1, 0.15) is 40.5 Å². The zero-order valence-electron chi connectivity index (χ0n) is 10.7. The van der Waals surface area contributed by atoms with Crippen LogP contribution in [0.25, 0.3) is 0 Å². The average molecular weight is 222 g/mol. The number of hydrogen-bond acceptors (Lipinski definition) is 2. The topological polar surface area (TPSA) is 26.3 Å². The number of rotatable bonds is 3. The van der Waals surface area contributed by atoms with Gasteiger partial charge in [0.15, 0.2) is 0 Å². The van der Waals surface area contributed by atoms with E-state index in [0.717, 1.165) is 12.3 Å². The fourth-order valence-corrected chi connectivity index (χ4v) is 3.57. The Morgan fingerprint density at radius 3 is 2.56 bits per heavy atom. The first-order valence-corrected chi connectivity index (χ1v) is 6.26. The molecule has 2 nitrogen and oxygen atoms in total. The van der Waals surface area contributed by atoms with Gasteiger partial charge in [-0.05, 0) is 37.5 Å². The lowest BCUT2D eigenvalue weighted by atomic mass is 9.87. The minimum atomic E-state index is -0.218. The fourth-order valence-electron chi connectivity index (χ4n) is 3.57. The summed E-state index contributed by atoms with van der Waals surface area (Å²) in [5.41, 5.74) is 0.792. The van der Waals surface area contributed by atoms with E-state index in [1.54, 1.807) is 6.92 Å². The van der Waals surface area contributed by atoms with Gasteiger partial charge in [-0.3, -0.25) is 0 Å². The van der Waals surface area contributed by atoms with Crippen molar-refractivity contribution in [2.75, 3.05) is 0 Å². The van der Waals surface area contributed by atoms with E-state index in [-0.39, 0.29) is 17.5 Å². The molecule has 4 atom stereocenters. The molecule has 0 N–H and O–H groups in total. The van der Waals surface area contributed by atoms with Crippen LogP contribution in [0, 0.1) is 23.2 Å². The Labute approximate surface area is 98.1 Å². The minimum absolute atomic E-state index is 0.122. The van der Waals surface area contributed by atoms with Gasteiger partial charge >= 0.3 is 5.97 Å². The molecule has 16 heavy (non-hydrogen) atoms. The molecule has 2 rings (SSSR count). The summed E-state index contributed by atoms with van der Waals surface area (Å²) in [6.07, 6.45) is 2.39. The lowest BCUT2D eigenvalue weighted by Gasteiger charge is -2.27. The summed E-state index contributed by atoms with van der Waals surface area (Å²) in [4.78, 5) is 11.6. The Bertz CT molecular complexity index is 332. The van der Waals surface area contributed by atoms with Gasteiger partial charge in [0.2, 0.25) is 0 Å². The second-order valence-corrected chi connectivity index (χ2v) is 5.96. The van der Waals surface area contributed by atoms with E-state index in [2.05, 4.69) is 27.4 Å². The van der Waals surface area contributed by atoms with Crippen LogP contribution in [-0.2, 0) is 9.53 Å². The molecule has 2 aliphatic rings. The van der Waals surface area contributed by atoms with E-state index in [9.17, 15) is 4.79 Å². The molecule has 0 aromatic carbocycles. The summed E-state index contributed by atoms with van der Waals surface area (Å²) in [5, 5.41) is 0. The third-order valence-corrected chi connectivity index (χ3v) is 4.65. The molecule has 2 aliphatic carbocycles. The van der Waals surface area contributed by atoms with Crippen LogP contribution < -0.4 is 0 Å². The molecule has 0 radical (unpaired) electrons. The molecular weight excluding hydrogens is 200 g/mol. The highest BCUT2D eigenvalue weighted by atomic mass is 16.5. The van der Waals surface area contributed by atoms with Gasteiger partial charge in [0, 0.05) is 11.0 Å². The zero-order chi connectivity index (χ0) is 12.1. The normalized spacial score (nSPS) is 40.7. The molecule has 0 bridgehead atoms. The Morgan fingerprint density at radius 2 is 2.12 bits per heavy atom. The number of carbonyl (C=O) groups is 1. The van der Waals surface area contributed by atoms with Gasteiger partial charge in [-0.15, -0.1) is 0 Å². The summed E-state index contributed by atoms with van der Waals surface area (Å²) in [5.74, 6) is 1.86. The summed E-state index contributed by atoms with van der Waals surface area (Å²) in [6, 6.07) is 0. The molecular formula is C14H22O2. The molecule has 0 spiro atoms. The fraction of sp³-hybridized carbons (Fsp3) is 0.786. The van der Waals surface area contributed by atoms with Gasteiger partial charge in [0.1, 0.15) is 6.10 Å². The summed E-state index contributed by atoms with van der Waals surface area (Å²) in [7, 11) is 0. The maximum absolute atomic E-state index is 11.6. The Morgan fingerprint density at radius 1 is 1.50 bits per heavy atom. The zero-order valence-corrected chi connectivity index (χ0v) is 10.7. The Hall–Kier alpha value is -0.790. The van der Waals surface area contributed by atoms with E-state index in [1.165, 1.54) is 6.42 Å². The highest BCUT2D eigenvalue weighted by Gasteiger charge is 2.68. The molecule has 4 unspecified atom stereocenters. The van der Waals surface area contributed by atoms with E-state index in [1.807, 2.05) is 0 Å². The molecule has 0 saturated heterocycles. The number of esters is 1. The van der Waals surface area contributed by atoms with Crippen molar-refractivity contribution in [3.05, 3.63) is 12.2 Å². The number of carbonyl (C=O) groups excluding carboxylic acids is 1. The van der Waals surface area contributed by atoms with Crippen molar-refractivity contribution < 1.29 is 9.53 Å². The summed E-state index contributed by atoms with van der Waals surface area (Å²) < 4.78 is 5.62. The van der Waals surface area contributed by atoms with Crippen molar-refractivity contribution in [3.63, 3.8) is 0 Å². The van der Waals surface area contributed by atoms with E-state index >= 15 is 0 Å². The molecule has 0 aromatic heterocycles. The molecule has 2 heteroatoms. The van der Waals surface area contributed by atoms with Gasteiger partial charge in [-0.1, -0.05) is 27.4 Å². The monoisotopic (exact) mass is 222 g/mol. The molecule has 0 aromatic rings. The second-order valence-electron chi connectivity index (χ2n) is 5.96. The maximum atomic E-state index is 11.6. The average Bonchev–Trinajstić information content (AvgIpc) is 2.86. The van der Waals surface area contributed by atoms with E-state index < -0.39 is 0 Å². The van der Waals surface area contributed by atoms with Crippen molar-refractivity contribution in [3.8, 4) is 0 Å². The summed E-state index contributed by atoms with van der Waals surface area (Å²) in [6.45, 7) is 12.1. The lowest BCUT2D eigenvalue weighted by Crippen LogP contribution is -2.30. The van der Waals surface area contributed by atoms with E-state index in [0.29, 0.717) is 17.4 Å². The molecule has 2 saturated carbocycles. The Balaban J connectivity index is 2.10. The molecule has 90 valence electrons. The summed E-state index contributed by atoms with van der Waals surface area (Å²) >= 11 is 0. The van der Waals surface area contributed by atoms with Gasteiger partial charge < -0.3 is 4.74 Å². The number of ether oxygens (including phenoxy) is 1. The van der Waals surface area contributed by atoms with Crippen molar-refractivity contribution in [2.45, 2.75) is 46.6 Å². The van der Waals surface area contributed by atoms with Crippen molar-refractivity contribution >= 4 is 5.97 Å². The van der Waals surface area contributed by atoms with Gasteiger partial charge in [-0.2, -0.15) is 0 Å². The predicted octanol–water partition coefficient (Wildman–Crippen LogP) is 3.18. The number of hydrogen-bond donors (Lipinski definition) is 0. The van der Waals surface area contributed by atoms with Crippen LogP contribution in [0.4, 0.5) is 0 Å². The first kappa shape index (κ1) is 11.7. The predicted molar refractivity (Wildman–Crippen MR) is 63.9 cm³/mol. The second kappa shape index (κ2) is 3.61. The largest absolute Gasteiger partial charge is 0.458 e. The van der Waals surface area contributed by atoms with Gasteiger partial charge in [0.25, 0.3) is 0 Å². The highest BCUT2D eigenvalue weighted by molar-refractivity contribution is 5.87. The van der Waals surface area contributed by atoms with Crippen LogP contribution in [0.2, 0.25) is 0 Å². The van der Waals surface area contributed by atoms with Crippen LogP contribution in [0.5, 0.6) is 0 Å².